The van der Waals surface area contributed by atoms with Gasteiger partial charge in [0, 0.05) is 23.7 Å². The minimum Gasteiger partial charge on any atom is -0.483 e. The molecule has 1 aliphatic rings. The highest BCUT2D eigenvalue weighted by atomic mass is 32.1. The van der Waals surface area contributed by atoms with Gasteiger partial charge in [0.1, 0.15) is 5.75 Å². The molecule has 1 N–H and O–H groups in total. The van der Waals surface area contributed by atoms with Crippen molar-refractivity contribution in [2.75, 3.05) is 23.9 Å². The number of rotatable bonds is 5. The Morgan fingerprint density at radius 3 is 2.62 bits per heavy atom. The van der Waals surface area contributed by atoms with Gasteiger partial charge < -0.3 is 9.64 Å². The first kappa shape index (κ1) is 22.0. The summed E-state index contributed by atoms with van der Waals surface area (Å²) in [5.74, 6) is 0.573. The number of aryl methyl sites for hydroxylation is 2. The van der Waals surface area contributed by atoms with E-state index < -0.39 is 5.41 Å². The van der Waals surface area contributed by atoms with Crippen LogP contribution >= 0.6 is 11.3 Å². The molecule has 0 bridgehead atoms. The summed E-state index contributed by atoms with van der Waals surface area (Å²) in [5, 5.41) is 5.24. The first-order chi connectivity index (χ1) is 15.1. The van der Waals surface area contributed by atoms with E-state index in [2.05, 4.69) is 10.3 Å². The molecule has 32 heavy (non-hydrogen) atoms. The molecule has 1 aliphatic heterocycles. The van der Waals surface area contributed by atoms with Crippen molar-refractivity contribution >= 4 is 34.0 Å². The maximum atomic E-state index is 12.5. The molecule has 1 aromatic heterocycles. The molecule has 0 unspecified atom stereocenters. The predicted molar refractivity (Wildman–Crippen MR) is 129 cm³/mol. The molecule has 0 spiro atoms. The van der Waals surface area contributed by atoms with Crippen LogP contribution in [0.2, 0.25) is 0 Å². The van der Waals surface area contributed by atoms with E-state index in [0.717, 1.165) is 44.9 Å². The zero-order valence-corrected chi connectivity index (χ0v) is 20.0. The van der Waals surface area contributed by atoms with Crippen molar-refractivity contribution in [1.82, 2.24) is 4.98 Å². The van der Waals surface area contributed by atoms with Crippen molar-refractivity contribution < 1.29 is 14.3 Å². The second kappa shape index (κ2) is 8.06. The Balaban J connectivity index is 1.46. The lowest BCUT2D eigenvalue weighted by Gasteiger charge is -2.16. The Hall–Kier alpha value is -3.19. The summed E-state index contributed by atoms with van der Waals surface area (Å²) in [7, 11) is 1.80. The van der Waals surface area contributed by atoms with Crippen LogP contribution in [-0.4, -0.2) is 30.5 Å². The van der Waals surface area contributed by atoms with Gasteiger partial charge in [-0.05, 0) is 69.0 Å². The molecule has 0 radical (unpaired) electrons. The Bertz CT molecular complexity index is 1230. The Labute approximate surface area is 192 Å². The third-order valence-corrected chi connectivity index (χ3v) is 6.90. The number of carbonyl (C=O) groups excluding carboxylic acids is 2. The van der Waals surface area contributed by atoms with Gasteiger partial charge in [0.15, 0.2) is 11.7 Å². The highest BCUT2D eigenvalue weighted by Crippen LogP contribution is 2.42. The second-order valence-electron chi connectivity index (χ2n) is 8.75. The molecule has 3 aromatic rings. The Morgan fingerprint density at radius 1 is 1.16 bits per heavy atom. The summed E-state index contributed by atoms with van der Waals surface area (Å²) in [5.41, 5.74) is 6.18. The number of benzene rings is 2. The molecule has 166 valence electrons. The highest BCUT2D eigenvalue weighted by Gasteiger charge is 2.42. The van der Waals surface area contributed by atoms with E-state index in [1.807, 2.05) is 70.3 Å². The fourth-order valence-electron chi connectivity index (χ4n) is 4.04. The number of nitrogens with one attached hydrogen (secondary N) is 1. The van der Waals surface area contributed by atoms with Crippen LogP contribution in [0.1, 0.15) is 36.1 Å². The quantitative estimate of drug-likeness (QED) is 0.595. The minimum atomic E-state index is -0.573. The lowest BCUT2D eigenvalue weighted by atomic mass is 9.85. The van der Waals surface area contributed by atoms with Crippen LogP contribution in [0.4, 0.5) is 10.8 Å². The second-order valence-corrected chi connectivity index (χ2v) is 9.61. The smallest absolute Gasteiger partial charge is 0.264 e. The molecule has 0 saturated carbocycles. The molecule has 0 fully saturated rings. The lowest BCUT2D eigenvalue weighted by Crippen LogP contribution is -2.33. The molecule has 0 saturated heterocycles. The molecule has 4 rings (SSSR count). The molecule has 0 atom stereocenters. The van der Waals surface area contributed by atoms with Gasteiger partial charge in [0.05, 0.1) is 11.1 Å². The Kier molecular flexibility index (Phi) is 5.54. The van der Waals surface area contributed by atoms with Crippen LogP contribution in [0, 0.1) is 20.8 Å². The van der Waals surface area contributed by atoms with Gasteiger partial charge in [-0.25, -0.2) is 4.98 Å². The summed E-state index contributed by atoms with van der Waals surface area (Å²) in [6.45, 7) is 9.77. The standard InChI is InChI=1S/C25H27N3O3S/c1-14-7-8-15(2)22(16(14)3)31-12-21(29)27-24-26-19(13-32-24)17-9-10-20-18(11-17)25(4,5)23(30)28(20)6/h7-11,13H,12H2,1-6H3,(H,26,27,29). The fourth-order valence-corrected chi connectivity index (χ4v) is 4.77. The summed E-state index contributed by atoms with van der Waals surface area (Å²) in [6.07, 6.45) is 0. The van der Waals surface area contributed by atoms with Gasteiger partial charge in [0.25, 0.3) is 5.91 Å². The number of hydrogen-bond acceptors (Lipinski definition) is 5. The van der Waals surface area contributed by atoms with Crippen LogP contribution in [-0.2, 0) is 15.0 Å². The number of likely N-dealkylation sites (N-methyl/N-ethyl adjacent to an activating group) is 1. The topological polar surface area (TPSA) is 71.5 Å². The van der Waals surface area contributed by atoms with Crippen molar-refractivity contribution in [2.24, 2.45) is 0 Å². The van der Waals surface area contributed by atoms with Crippen molar-refractivity contribution in [3.8, 4) is 17.0 Å². The first-order valence-electron chi connectivity index (χ1n) is 10.5. The van der Waals surface area contributed by atoms with Crippen LogP contribution in [0.15, 0.2) is 35.7 Å². The fraction of sp³-hybridized carbons (Fsp3) is 0.320. The van der Waals surface area contributed by atoms with Crippen LogP contribution in [0.25, 0.3) is 11.3 Å². The van der Waals surface area contributed by atoms with Crippen molar-refractivity contribution in [3.05, 3.63) is 58.0 Å². The SMILES string of the molecule is Cc1ccc(C)c(OCC(=O)Nc2nc(-c3ccc4c(c3)C(C)(C)C(=O)N4C)cs2)c1C. The molecule has 2 aromatic carbocycles. The number of amides is 2. The van der Waals surface area contributed by atoms with Crippen LogP contribution in [0.3, 0.4) is 0 Å². The summed E-state index contributed by atoms with van der Waals surface area (Å²) >= 11 is 1.36. The van der Waals surface area contributed by atoms with E-state index >= 15 is 0 Å². The maximum Gasteiger partial charge on any atom is 0.264 e. The molecule has 2 heterocycles. The van der Waals surface area contributed by atoms with Crippen LogP contribution in [0.5, 0.6) is 5.75 Å². The number of anilines is 2. The number of carbonyl (C=O) groups is 2. The minimum absolute atomic E-state index is 0.0787. The lowest BCUT2D eigenvalue weighted by molar-refractivity contribution is -0.121. The van der Waals surface area contributed by atoms with Crippen molar-refractivity contribution in [1.29, 1.82) is 0 Å². The molecule has 7 heteroatoms. The molecule has 2 amide bonds. The number of aromatic nitrogens is 1. The zero-order valence-electron chi connectivity index (χ0n) is 19.2. The molecule has 6 nitrogen and oxygen atoms in total. The molecular formula is C25H27N3O3S. The molecular weight excluding hydrogens is 422 g/mol. The zero-order chi connectivity index (χ0) is 23.2. The highest BCUT2D eigenvalue weighted by molar-refractivity contribution is 7.14. The van der Waals surface area contributed by atoms with E-state index in [0.29, 0.717) is 5.13 Å². The summed E-state index contributed by atoms with van der Waals surface area (Å²) < 4.78 is 5.80. The number of nitrogens with zero attached hydrogens (tertiary/aromatic N) is 2. The van der Waals surface area contributed by atoms with Gasteiger partial charge in [0.2, 0.25) is 5.91 Å². The number of ether oxygens (including phenoxy) is 1. The van der Waals surface area contributed by atoms with Gasteiger partial charge in [-0.2, -0.15) is 0 Å². The van der Waals surface area contributed by atoms with E-state index in [9.17, 15) is 9.59 Å². The van der Waals surface area contributed by atoms with Gasteiger partial charge >= 0.3 is 0 Å². The van der Waals surface area contributed by atoms with Gasteiger partial charge in [-0.3, -0.25) is 14.9 Å². The number of fused-ring (bicyclic) bond motifs is 1. The number of hydrogen-bond donors (Lipinski definition) is 1. The van der Waals surface area contributed by atoms with Gasteiger partial charge in [-0.15, -0.1) is 11.3 Å². The molecule has 0 aliphatic carbocycles. The van der Waals surface area contributed by atoms with Crippen molar-refractivity contribution in [2.45, 2.75) is 40.0 Å². The first-order valence-corrected chi connectivity index (χ1v) is 11.4. The predicted octanol–water partition coefficient (Wildman–Crippen LogP) is 5.01. The van der Waals surface area contributed by atoms with E-state index in [1.165, 1.54) is 11.3 Å². The van der Waals surface area contributed by atoms with Crippen LogP contribution < -0.4 is 15.0 Å². The van der Waals surface area contributed by atoms with Gasteiger partial charge in [-0.1, -0.05) is 18.2 Å². The maximum absolute atomic E-state index is 12.5. The average Bonchev–Trinajstić information content (AvgIpc) is 3.28. The summed E-state index contributed by atoms with van der Waals surface area (Å²) in [4.78, 5) is 31.2. The third kappa shape index (κ3) is 3.77. The van der Waals surface area contributed by atoms with E-state index in [-0.39, 0.29) is 18.4 Å². The van der Waals surface area contributed by atoms with Crippen molar-refractivity contribution in [3.63, 3.8) is 0 Å². The largest absolute Gasteiger partial charge is 0.483 e. The normalized spacial score (nSPS) is 14.4. The van der Waals surface area contributed by atoms with E-state index in [1.54, 1.807) is 11.9 Å². The number of thiazole rings is 1. The summed E-state index contributed by atoms with van der Waals surface area (Å²) in [6, 6.07) is 9.96. The third-order valence-electron chi connectivity index (χ3n) is 6.14. The van der Waals surface area contributed by atoms with E-state index in [4.69, 9.17) is 4.74 Å². The average molecular weight is 450 g/mol. The Morgan fingerprint density at radius 2 is 1.88 bits per heavy atom. The monoisotopic (exact) mass is 449 g/mol.